The lowest BCUT2D eigenvalue weighted by Gasteiger charge is -2.04. The lowest BCUT2D eigenvalue weighted by atomic mass is 10.1. The molecule has 3 nitrogen and oxygen atoms in total. The Morgan fingerprint density at radius 3 is 2.50 bits per heavy atom. The maximum Gasteiger partial charge on any atom is 0.224 e. The third kappa shape index (κ3) is 4.17. The smallest absolute Gasteiger partial charge is 0.224 e. The number of rotatable bonds is 5. The highest BCUT2D eigenvalue weighted by Gasteiger charge is 2.06. The van der Waals surface area contributed by atoms with E-state index in [1.807, 2.05) is 38.1 Å². The van der Waals surface area contributed by atoms with Crippen molar-refractivity contribution in [2.75, 3.05) is 6.54 Å². The Morgan fingerprint density at radius 2 is 1.90 bits per heavy atom. The minimum absolute atomic E-state index is 0.0684. The molecule has 1 aromatic carbocycles. The summed E-state index contributed by atoms with van der Waals surface area (Å²) in [7, 11) is 0. The first-order chi connectivity index (χ1) is 9.54. The third-order valence-corrected chi connectivity index (χ3v) is 4.35. The van der Waals surface area contributed by atoms with Crippen LogP contribution in [0.25, 0.3) is 0 Å². The van der Waals surface area contributed by atoms with E-state index < -0.39 is 0 Å². The number of hydrogen-bond donors (Lipinski definition) is 1. The van der Waals surface area contributed by atoms with Gasteiger partial charge in [-0.2, -0.15) is 0 Å². The first-order valence-corrected chi connectivity index (χ1v) is 7.61. The van der Waals surface area contributed by atoms with Crippen LogP contribution in [0.1, 0.15) is 26.7 Å². The Hall–Kier alpha value is -1.68. The maximum atomic E-state index is 11.8. The molecule has 0 fully saturated rings. The number of aromatic nitrogens is 1. The molecule has 0 aliphatic rings. The van der Waals surface area contributed by atoms with Gasteiger partial charge in [-0.25, -0.2) is 4.98 Å². The zero-order valence-electron chi connectivity index (χ0n) is 12.2. The topological polar surface area (TPSA) is 42.0 Å². The Bertz CT molecular complexity index is 568. The molecule has 0 atom stereocenters. The minimum Gasteiger partial charge on any atom is -0.355 e. The summed E-state index contributed by atoms with van der Waals surface area (Å²) >= 11 is 1.71. The molecule has 0 aliphatic carbocycles. The second-order valence-electron chi connectivity index (χ2n) is 5.01. The fourth-order valence-electron chi connectivity index (χ4n) is 1.91. The highest BCUT2D eigenvalue weighted by Crippen LogP contribution is 2.16. The first kappa shape index (κ1) is 14.7. The van der Waals surface area contributed by atoms with Gasteiger partial charge in [0.05, 0.1) is 17.1 Å². The minimum atomic E-state index is 0.0684. The number of nitrogens with zero attached hydrogens (tertiary/aromatic N) is 1. The van der Waals surface area contributed by atoms with Crippen LogP contribution in [0.2, 0.25) is 0 Å². The van der Waals surface area contributed by atoms with Crippen LogP contribution in [0.3, 0.4) is 0 Å². The number of nitrogens with one attached hydrogen (secondary N) is 1. The molecular weight excluding hydrogens is 268 g/mol. The van der Waals surface area contributed by atoms with Crippen molar-refractivity contribution in [3.63, 3.8) is 0 Å². The van der Waals surface area contributed by atoms with Crippen LogP contribution in [0.4, 0.5) is 0 Å². The van der Waals surface area contributed by atoms with Crippen LogP contribution in [0.5, 0.6) is 0 Å². The zero-order chi connectivity index (χ0) is 14.5. The van der Waals surface area contributed by atoms with Gasteiger partial charge in [0.15, 0.2) is 0 Å². The molecule has 0 unspecified atom stereocenters. The van der Waals surface area contributed by atoms with Crippen LogP contribution in [0.15, 0.2) is 24.3 Å². The maximum absolute atomic E-state index is 11.8. The highest BCUT2D eigenvalue weighted by atomic mass is 32.1. The van der Waals surface area contributed by atoms with Crippen molar-refractivity contribution in [1.82, 2.24) is 10.3 Å². The predicted octanol–water partition coefficient (Wildman–Crippen LogP) is 2.97. The second-order valence-corrected chi connectivity index (χ2v) is 6.30. The van der Waals surface area contributed by atoms with Gasteiger partial charge in [-0.05, 0) is 26.3 Å². The Morgan fingerprint density at radius 1 is 1.20 bits per heavy atom. The number of thiazole rings is 1. The van der Waals surface area contributed by atoms with Crippen molar-refractivity contribution in [1.29, 1.82) is 0 Å². The molecule has 0 bridgehead atoms. The molecule has 4 heteroatoms. The summed E-state index contributed by atoms with van der Waals surface area (Å²) < 4.78 is 0. The van der Waals surface area contributed by atoms with E-state index in [0.29, 0.717) is 13.0 Å². The Kier molecular flexibility index (Phi) is 4.90. The molecule has 0 saturated carbocycles. The van der Waals surface area contributed by atoms with Gasteiger partial charge < -0.3 is 5.32 Å². The molecule has 20 heavy (non-hydrogen) atoms. The molecule has 1 amide bonds. The largest absolute Gasteiger partial charge is 0.355 e. The molecular formula is C16H20N2OS. The average Bonchev–Trinajstić information content (AvgIpc) is 2.71. The summed E-state index contributed by atoms with van der Waals surface area (Å²) in [5, 5.41) is 4.04. The molecule has 2 aromatic rings. The predicted molar refractivity (Wildman–Crippen MR) is 83.2 cm³/mol. The molecule has 2 rings (SSSR count). The van der Waals surface area contributed by atoms with Gasteiger partial charge in [0.2, 0.25) is 5.91 Å². The van der Waals surface area contributed by atoms with Crippen molar-refractivity contribution in [2.45, 2.75) is 33.6 Å². The fourth-order valence-corrected chi connectivity index (χ4v) is 2.84. The fraction of sp³-hybridized carbons (Fsp3) is 0.375. The van der Waals surface area contributed by atoms with E-state index in [1.54, 1.807) is 11.3 Å². The lowest BCUT2D eigenvalue weighted by Crippen LogP contribution is -2.27. The number of carbonyl (C=O) groups excluding carboxylic acids is 1. The number of carbonyl (C=O) groups is 1. The summed E-state index contributed by atoms with van der Waals surface area (Å²) in [6, 6.07) is 8.07. The quantitative estimate of drug-likeness (QED) is 0.919. The summed E-state index contributed by atoms with van der Waals surface area (Å²) in [5.74, 6) is 0.0684. The van der Waals surface area contributed by atoms with Gasteiger partial charge >= 0.3 is 0 Å². The van der Waals surface area contributed by atoms with Crippen LogP contribution in [0, 0.1) is 20.8 Å². The summed E-state index contributed by atoms with van der Waals surface area (Å²) in [4.78, 5) is 17.6. The monoisotopic (exact) mass is 288 g/mol. The van der Waals surface area contributed by atoms with E-state index in [1.165, 1.54) is 10.4 Å². The van der Waals surface area contributed by atoms with Crippen molar-refractivity contribution < 1.29 is 4.79 Å². The van der Waals surface area contributed by atoms with Gasteiger partial charge in [0.25, 0.3) is 0 Å². The normalized spacial score (nSPS) is 10.6. The van der Waals surface area contributed by atoms with Crippen molar-refractivity contribution in [3.8, 4) is 0 Å². The van der Waals surface area contributed by atoms with E-state index in [0.717, 1.165) is 22.7 Å². The third-order valence-electron chi connectivity index (χ3n) is 3.22. The standard InChI is InChI=1S/C16H20N2OS/c1-11-4-6-14(7-5-11)10-15(19)17-9-8-16-18-12(2)13(3)20-16/h4-7H,8-10H2,1-3H3,(H,17,19). The molecule has 0 aliphatic heterocycles. The first-order valence-electron chi connectivity index (χ1n) is 6.80. The van der Waals surface area contributed by atoms with Crippen molar-refractivity contribution in [3.05, 3.63) is 51.0 Å². The molecule has 106 valence electrons. The SMILES string of the molecule is Cc1ccc(CC(=O)NCCc2nc(C)c(C)s2)cc1. The second kappa shape index (κ2) is 6.66. The van der Waals surface area contributed by atoms with Gasteiger partial charge in [-0.15, -0.1) is 11.3 Å². The summed E-state index contributed by atoms with van der Waals surface area (Å²) in [6.45, 7) is 6.79. The van der Waals surface area contributed by atoms with Crippen LogP contribution < -0.4 is 5.32 Å². The van der Waals surface area contributed by atoms with E-state index in [9.17, 15) is 4.79 Å². The van der Waals surface area contributed by atoms with Crippen molar-refractivity contribution >= 4 is 17.2 Å². The van der Waals surface area contributed by atoms with Crippen molar-refractivity contribution in [2.24, 2.45) is 0 Å². The van der Waals surface area contributed by atoms with E-state index >= 15 is 0 Å². The van der Waals surface area contributed by atoms with E-state index in [-0.39, 0.29) is 5.91 Å². The average molecular weight is 288 g/mol. The Balaban J connectivity index is 1.76. The van der Waals surface area contributed by atoms with Crippen LogP contribution in [-0.4, -0.2) is 17.4 Å². The molecule has 0 saturated heterocycles. The summed E-state index contributed by atoms with van der Waals surface area (Å²) in [5.41, 5.74) is 3.36. The van der Waals surface area contributed by atoms with Crippen LogP contribution in [-0.2, 0) is 17.6 Å². The molecule has 1 N–H and O–H groups in total. The Labute approximate surface area is 124 Å². The zero-order valence-corrected chi connectivity index (χ0v) is 13.0. The number of amides is 1. The van der Waals surface area contributed by atoms with Gasteiger partial charge in [-0.3, -0.25) is 4.79 Å². The van der Waals surface area contributed by atoms with E-state index in [4.69, 9.17) is 0 Å². The lowest BCUT2D eigenvalue weighted by molar-refractivity contribution is -0.120. The van der Waals surface area contributed by atoms with Gasteiger partial charge in [-0.1, -0.05) is 29.8 Å². The molecule has 0 radical (unpaired) electrons. The molecule has 1 aromatic heterocycles. The van der Waals surface area contributed by atoms with E-state index in [2.05, 4.69) is 17.2 Å². The highest BCUT2D eigenvalue weighted by molar-refractivity contribution is 7.11. The number of benzene rings is 1. The van der Waals surface area contributed by atoms with Gasteiger partial charge in [0, 0.05) is 17.8 Å². The summed E-state index contributed by atoms with van der Waals surface area (Å²) in [6.07, 6.45) is 1.25. The number of aryl methyl sites for hydroxylation is 3. The van der Waals surface area contributed by atoms with Crippen LogP contribution >= 0.6 is 11.3 Å². The molecule has 0 spiro atoms. The number of hydrogen-bond acceptors (Lipinski definition) is 3. The van der Waals surface area contributed by atoms with Gasteiger partial charge in [0.1, 0.15) is 0 Å². The molecule has 1 heterocycles.